The Morgan fingerprint density at radius 3 is 2.67 bits per heavy atom. The number of rotatable bonds is 3. The molecule has 1 N–H and O–H groups in total. The first-order chi connectivity index (χ1) is 9.96. The van der Waals surface area contributed by atoms with Gasteiger partial charge in [-0.05, 0) is 43.6 Å². The van der Waals surface area contributed by atoms with Crippen molar-refractivity contribution in [3.8, 4) is 0 Å². The van der Waals surface area contributed by atoms with Gasteiger partial charge in [-0.1, -0.05) is 39.5 Å². The summed E-state index contributed by atoms with van der Waals surface area (Å²) in [5.74, 6) is 0. The summed E-state index contributed by atoms with van der Waals surface area (Å²) in [5, 5.41) is 15.7. The van der Waals surface area contributed by atoms with Crippen LogP contribution in [0.5, 0.6) is 0 Å². The zero-order valence-corrected chi connectivity index (χ0v) is 13.6. The standard InChI is InChI=1S/C18H30N2O/c1-17(2)10-6-11-18(21,14-17)13-15-9-12-20(19-15)16-7-4-3-5-8-16/h9,12,16,21H,3-8,10-11,13-14H2,1-2H3. The average Bonchev–Trinajstić information content (AvgIpc) is 2.86. The van der Waals surface area contributed by atoms with Crippen molar-refractivity contribution in [3.05, 3.63) is 18.0 Å². The fourth-order valence-electron chi connectivity index (χ4n) is 4.47. The number of aromatic nitrogens is 2. The molecule has 3 nitrogen and oxygen atoms in total. The summed E-state index contributed by atoms with van der Waals surface area (Å²) < 4.78 is 2.16. The fourth-order valence-corrected chi connectivity index (χ4v) is 4.47. The van der Waals surface area contributed by atoms with Crippen LogP contribution in [0, 0.1) is 5.41 Å². The van der Waals surface area contributed by atoms with E-state index in [2.05, 4.69) is 30.8 Å². The Morgan fingerprint density at radius 1 is 1.19 bits per heavy atom. The second-order valence-electron chi connectivity index (χ2n) is 8.17. The van der Waals surface area contributed by atoms with E-state index in [0.29, 0.717) is 6.04 Å². The molecule has 1 atom stereocenters. The Balaban J connectivity index is 1.66. The Hall–Kier alpha value is -0.830. The number of aliphatic hydroxyl groups is 1. The third kappa shape index (κ3) is 3.68. The lowest BCUT2D eigenvalue weighted by molar-refractivity contribution is -0.0389. The van der Waals surface area contributed by atoms with Gasteiger partial charge in [-0.15, -0.1) is 0 Å². The first-order valence-corrected chi connectivity index (χ1v) is 8.72. The van der Waals surface area contributed by atoms with Gasteiger partial charge in [-0.2, -0.15) is 5.10 Å². The first kappa shape index (κ1) is 15.1. The minimum Gasteiger partial charge on any atom is -0.389 e. The summed E-state index contributed by atoms with van der Waals surface area (Å²) in [5.41, 5.74) is 0.785. The fraction of sp³-hybridized carbons (Fsp3) is 0.833. The largest absolute Gasteiger partial charge is 0.389 e. The van der Waals surface area contributed by atoms with E-state index in [-0.39, 0.29) is 5.41 Å². The molecule has 0 bridgehead atoms. The van der Waals surface area contributed by atoms with E-state index < -0.39 is 5.60 Å². The minimum absolute atomic E-state index is 0.263. The van der Waals surface area contributed by atoms with E-state index in [4.69, 9.17) is 5.10 Å². The average molecular weight is 290 g/mol. The Bertz CT molecular complexity index is 473. The summed E-state index contributed by atoms with van der Waals surface area (Å²) in [6.45, 7) is 4.55. The molecule has 0 radical (unpaired) electrons. The van der Waals surface area contributed by atoms with Crippen molar-refractivity contribution in [1.29, 1.82) is 0 Å². The molecule has 3 heteroatoms. The van der Waals surface area contributed by atoms with Crippen LogP contribution >= 0.6 is 0 Å². The van der Waals surface area contributed by atoms with Crippen molar-refractivity contribution in [2.24, 2.45) is 5.41 Å². The normalized spacial score (nSPS) is 30.4. The molecule has 2 fully saturated rings. The van der Waals surface area contributed by atoms with Gasteiger partial charge in [0.2, 0.25) is 0 Å². The van der Waals surface area contributed by atoms with E-state index in [9.17, 15) is 5.11 Å². The monoisotopic (exact) mass is 290 g/mol. The maximum atomic E-state index is 10.9. The van der Waals surface area contributed by atoms with Gasteiger partial charge in [0.25, 0.3) is 0 Å². The molecule has 2 aliphatic carbocycles. The van der Waals surface area contributed by atoms with Gasteiger partial charge >= 0.3 is 0 Å². The van der Waals surface area contributed by atoms with Crippen LogP contribution in [-0.4, -0.2) is 20.5 Å². The molecule has 0 saturated heterocycles. The van der Waals surface area contributed by atoms with Gasteiger partial charge in [0.05, 0.1) is 17.3 Å². The Morgan fingerprint density at radius 2 is 1.95 bits per heavy atom. The molecule has 21 heavy (non-hydrogen) atoms. The SMILES string of the molecule is CC1(C)CCCC(O)(Cc2ccn(C3CCCCC3)n2)C1. The zero-order valence-electron chi connectivity index (χ0n) is 13.6. The quantitative estimate of drug-likeness (QED) is 0.903. The summed E-state index contributed by atoms with van der Waals surface area (Å²) in [7, 11) is 0. The number of hydrogen-bond donors (Lipinski definition) is 1. The van der Waals surface area contributed by atoms with E-state index >= 15 is 0 Å². The van der Waals surface area contributed by atoms with Crippen molar-refractivity contribution in [2.75, 3.05) is 0 Å². The van der Waals surface area contributed by atoms with E-state index in [1.165, 1.54) is 38.5 Å². The zero-order chi connectivity index (χ0) is 14.9. The lowest BCUT2D eigenvalue weighted by Gasteiger charge is -2.41. The first-order valence-electron chi connectivity index (χ1n) is 8.72. The van der Waals surface area contributed by atoms with Gasteiger partial charge in [-0.25, -0.2) is 0 Å². The topological polar surface area (TPSA) is 38.0 Å². The van der Waals surface area contributed by atoms with Crippen LogP contribution in [-0.2, 0) is 6.42 Å². The maximum Gasteiger partial charge on any atom is 0.0708 e. The molecule has 0 amide bonds. The van der Waals surface area contributed by atoms with Crippen LogP contribution in [0.3, 0.4) is 0 Å². The highest BCUT2D eigenvalue weighted by Gasteiger charge is 2.38. The van der Waals surface area contributed by atoms with Gasteiger partial charge in [0.15, 0.2) is 0 Å². The van der Waals surface area contributed by atoms with Gasteiger partial charge in [0, 0.05) is 12.6 Å². The molecule has 0 aliphatic heterocycles. The molecule has 3 rings (SSSR count). The molecule has 1 heterocycles. The van der Waals surface area contributed by atoms with E-state index in [0.717, 1.165) is 31.4 Å². The van der Waals surface area contributed by atoms with Crippen LogP contribution in [0.2, 0.25) is 0 Å². The third-order valence-electron chi connectivity index (χ3n) is 5.43. The van der Waals surface area contributed by atoms with Crippen molar-refractivity contribution in [1.82, 2.24) is 9.78 Å². The Kier molecular flexibility index (Phi) is 4.13. The van der Waals surface area contributed by atoms with E-state index in [1.807, 2.05) is 0 Å². The Labute approximate surface area is 128 Å². The smallest absolute Gasteiger partial charge is 0.0708 e. The van der Waals surface area contributed by atoms with E-state index in [1.54, 1.807) is 0 Å². The summed E-state index contributed by atoms with van der Waals surface area (Å²) >= 11 is 0. The molecular weight excluding hydrogens is 260 g/mol. The second kappa shape index (κ2) is 5.75. The highest BCUT2D eigenvalue weighted by atomic mass is 16.3. The molecule has 0 spiro atoms. The minimum atomic E-state index is -0.548. The summed E-state index contributed by atoms with van der Waals surface area (Å²) in [4.78, 5) is 0. The predicted molar refractivity (Wildman–Crippen MR) is 85.3 cm³/mol. The molecule has 118 valence electrons. The molecule has 2 saturated carbocycles. The lowest BCUT2D eigenvalue weighted by Crippen LogP contribution is -2.40. The number of hydrogen-bond acceptors (Lipinski definition) is 2. The molecule has 2 aliphatic rings. The summed E-state index contributed by atoms with van der Waals surface area (Å²) in [6, 6.07) is 2.71. The summed E-state index contributed by atoms with van der Waals surface area (Å²) in [6.07, 6.45) is 13.6. The van der Waals surface area contributed by atoms with Gasteiger partial charge < -0.3 is 5.11 Å². The second-order valence-corrected chi connectivity index (χ2v) is 8.17. The van der Waals surface area contributed by atoms with Crippen molar-refractivity contribution < 1.29 is 5.11 Å². The molecule has 1 aromatic heterocycles. The van der Waals surface area contributed by atoms with Gasteiger partial charge in [0.1, 0.15) is 0 Å². The molecule has 1 aromatic rings. The van der Waals surface area contributed by atoms with Crippen molar-refractivity contribution in [3.63, 3.8) is 0 Å². The van der Waals surface area contributed by atoms with Crippen LogP contribution in [0.25, 0.3) is 0 Å². The van der Waals surface area contributed by atoms with Crippen LogP contribution in [0.15, 0.2) is 12.3 Å². The van der Waals surface area contributed by atoms with Crippen molar-refractivity contribution >= 4 is 0 Å². The molecule has 0 aromatic carbocycles. The number of nitrogens with zero attached hydrogens (tertiary/aromatic N) is 2. The van der Waals surface area contributed by atoms with Crippen LogP contribution < -0.4 is 0 Å². The molecule has 1 unspecified atom stereocenters. The highest BCUT2D eigenvalue weighted by Crippen LogP contribution is 2.42. The highest BCUT2D eigenvalue weighted by molar-refractivity contribution is 5.07. The van der Waals surface area contributed by atoms with Crippen LogP contribution in [0.4, 0.5) is 0 Å². The third-order valence-corrected chi connectivity index (χ3v) is 5.43. The maximum absolute atomic E-state index is 10.9. The lowest BCUT2D eigenvalue weighted by atomic mass is 9.68. The van der Waals surface area contributed by atoms with Crippen molar-refractivity contribution in [2.45, 2.75) is 89.7 Å². The van der Waals surface area contributed by atoms with Crippen LogP contribution in [0.1, 0.15) is 83.4 Å². The molecular formula is C18H30N2O. The van der Waals surface area contributed by atoms with Gasteiger partial charge in [-0.3, -0.25) is 4.68 Å². The predicted octanol–water partition coefficient (Wildman–Crippen LogP) is 4.26.